The molecule has 3 aromatic rings. The quantitative estimate of drug-likeness (QED) is 0.370. The Morgan fingerprint density at radius 2 is 1.78 bits per heavy atom. The first-order chi connectivity index (χ1) is 17.1. The van der Waals surface area contributed by atoms with E-state index >= 15 is 0 Å². The van der Waals surface area contributed by atoms with Gasteiger partial charge >= 0.3 is 0 Å². The van der Waals surface area contributed by atoms with Crippen molar-refractivity contribution in [3.05, 3.63) is 46.1 Å². The molecule has 192 valence electrons. The third-order valence-corrected chi connectivity index (χ3v) is 6.70. The van der Waals surface area contributed by atoms with Crippen LogP contribution in [0.2, 0.25) is 0 Å². The van der Waals surface area contributed by atoms with E-state index in [0.29, 0.717) is 29.1 Å². The zero-order valence-corrected chi connectivity index (χ0v) is 20.6. The largest absolute Gasteiger partial charge is 0.351 e. The van der Waals surface area contributed by atoms with Gasteiger partial charge in [-0.3, -0.25) is 14.2 Å². The van der Waals surface area contributed by atoms with E-state index in [1.807, 2.05) is 0 Å². The van der Waals surface area contributed by atoms with Crippen LogP contribution in [0.15, 0.2) is 23.1 Å². The predicted molar refractivity (Wildman–Crippen MR) is 133 cm³/mol. The van der Waals surface area contributed by atoms with Crippen molar-refractivity contribution in [2.75, 3.05) is 24.7 Å². The third kappa shape index (κ3) is 4.79. The van der Waals surface area contributed by atoms with Crippen LogP contribution in [0.25, 0.3) is 22.2 Å². The van der Waals surface area contributed by atoms with E-state index in [0.717, 1.165) is 25.7 Å². The maximum Gasteiger partial charge on any atom is 0.260 e. The van der Waals surface area contributed by atoms with E-state index in [9.17, 15) is 22.8 Å². The summed E-state index contributed by atoms with van der Waals surface area (Å²) < 4.78 is 45.1. The number of anilines is 2. The number of pyridine rings is 1. The van der Waals surface area contributed by atoms with Gasteiger partial charge in [-0.1, -0.05) is 0 Å². The van der Waals surface area contributed by atoms with Gasteiger partial charge in [0.05, 0.1) is 5.56 Å². The molecule has 1 saturated carbocycles. The number of nitrogens with zero attached hydrogens (tertiary/aromatic N) is 4. The maximum atomic E-state index is 14.9. The molecule has 0 saturated heterocycles. The molecule has 2 heterocycles. The van der Waals surface area contributed by atoms with Gasteiger partial charge < -0.3 is 15.5 Å². The highest BCUT2D eigenvalue weighted by Crippen LogP contribution is 2.31. The number of carbonyl (C=O) groups is 1. The first kappa shape index (κ1) is 25.6. The van der Waals surface area contributed by atoms with Crippen molar-refractivity contribution in [2.45, 2.75) is 57.7 Å². The molecule has 8 nitrogen and oxygen atoms in total. The molecule has 1 amide bonds. The van der Waals surface area contributed by atoms with Crippen LogP contribution in [-0.2, 0) is 4.79 Å². The van der Waals surface area contributed by atoms with Gasteiger partial charge in [-0.2, -0.15) is 4.98 Å². The summed E-state index contributed by atoms with van der Waals surface area (Å²) in [7, 11) is 4.16. The molecule has 2 N–H and O–H groups in total. The molecule has 0 radical (unpaired) electrons. The summed E-state index contributed by atoms with van der Waals surface area (Å²) in [4.78, 5) is 35.2. The SMILES string of the molecule is CC(C)n1c(=O)c(-c2cc(F)c(NC=O)c(F)c2F)cc2cnc(NC3CCC(N(C)C)CC3)nc21. The highest BCUT2D eigenvalue weighted by molar-refractivity contribution is 5.83. The highest BCUT2D eigenvalue weighted by atomic mass is 19.2. The molecular weight excluding hydrogens is 473 g/mol. The average Bonchev–Trinajstić information content (AvgIpc) is 2.84. The molecule has 0 unspecified atom stereocenters. The predicted octanol–water partition coefficient (Wildman–Crippen LogP) is 4.31. The first-order valence-electron chi connectivity index (χ1n) is 11.9. The van der Waals surface area contributed by atoms with Gasteiger partial charge in [0.1, 0.15) is 11.3 Å². The molecular formula is C25H29F3N6O2. The molecule has 11 heteroatoms. The Bertz CT molecular complexity index is 1350. The van der Waals surface area contributed by atoms with E-state index in [1.54, 1.807) is 19.2 Å². The van der Waals surface area contributed by atoms with Crippen molar-refractivity contribution in [2.24, 2.45) is 0 Å². The molecule has 1 aromatic carbocycles. The highest BCUT2D eigenvalue weighted by Gasteiger charge is 2.25. The van der Waals surface area contributed by atoms with Crippen molar-refractivity contribution < 1.29 is 18.0 Å². The lowest BCUT2D eigenvalue weighted by Crippen LogP contribution is -2.36. The topological polar surface area (TPSA) is 92.1 Å². The van der Waals surface area contributed by atoms with Crippen molar-refractivity contribution in [1.82, 2.24) is 19.4 Å². The lowest BCUT2D eigenvalue weighted by Gasteiger charge is -2.33. The van der Waals surface area contributed by atoms with Gasteiger partial charge in [-0.05, 0) is 65.8 Å². The standard InChI is InChI=1S/C25H29F3N6O2/c1-13(2)34-23-14(11-29-25(32-23)31-15-5-7-16(8-6-15)33(3)4)9-18(24(34)36)17-10-19(26)22(30-12-35)21(28)20(17)27/h9-13,15-16H,5-8H2,1-4H3,(H,30,35)(H,29,31,32). The smallest absolute Gasteiger partial charge is 0.260 e. The molecule has 4 rings (SSSR count). The molecule has 1 aliphatic rings. The number of benzene rings is 1. The summed E-state index contributed by atoms with van der Waals surface area (Å²) in [6.07, 6.45) is 5.58. The van der Waals surface area contributed by atoms with Gasteiger partial charge in [0.2, 0.25) is 12.4 Å². The second-order valence-electron chi connectivity index (χ2n) is 9.58. The van der Waals surface area contributed by atoms with Crippen LogP contribution in [0.5, 0.6) is 0 Å². The molecule has 2 aromatic heterocycles. The minimum atomic E-state index is -1.59. The molecule has 1 aliphatic carbocycles. The summed E-state index contributed by atoms with van der Waals surface area (Å²) in [6.45, 7) is 3.52. The molecule has 0 atom stereocenters. The zero-order valence-electron chi connectivity index (χ0n) is 20.6. The number of rotatable bonds is 7. The van der Waals surface area contributed by atoms with E-state index in [2.05, 4.69) is 34.3 Å². The third-order valence-electron chi connectivity index (χ3n) is 6.70. The Morgan fingerprint density at radius 3 is 2.39 bits per heavy atom. The van der Waals surface area contributed by atoms with Gasteiger partial charge in [-0.25, -0.2) is 18.2 Å². The van der Waals surface area contributed by atoms with E-state index in [1.165, 1.54) is 16.8 Å². The van der Waals surface area contributed by atoms with Crippen LogP contribution >= 0.6 is 0 Å². The Balaban J connectivity index is 1.75. The minimum Gasteiger partial charge on any atom is -0.351 e. The number of hydrogen-bond donors (Lipinski definition) is 2. The van der Waals surface area contributed by atoms with Crippen molar-refractivity contribution in [3.8, 4) is 11.1 Å². The Morgan fingerprint density at radius 1 is 1.08 bits per heavy atom. The number of halogens is 3. The summed E-state index contributed by atoms with van der Waals surface area (Å²) in [5.74, 6) is -3.86. The summed E-state index contributed by atoms with van der Waals surface area (Å²) in [6, 6.07) is 2.39. The van der Waals surface area contributed by atoms with Gasteiger partial charge in [0, 0.05) is 35.3 Å². The van der Waals surface area contributed by atoms with Gasteiger partial charge in [-0.15, -0.1) is 0 Å². The lowest BCUT2D eigenvalue weighted by molar-refractivity contribution is -0.105. The van der Waals surface area contributed by atoms with Crippen molar-refractivity contribution >= 4 is 29.1 Å². The number of amides is 1. The summed E-state index contributed by atoms with van der Waals surface area (Å²) in [5, 5.41) is 5.57. The molecule has 36 heavy (non-hydrogen) atoms. The number of carbonyl (C=O) groups excluding carboxylic acids is 1. The molecule has 1 fully saturated rings. The Labute approximate surface area is 206 Å². The number of fused-ring (bicyclic) bond motifs is 1. The van der Waals surface area contributed by atoms with Crippen LogP contribution < -0.4 is 16.2 Å². The van der Waals surface area contributed by atoms with Gasteiger partial charge in [0.25, 0.3) is 5.56 Å². The minimum absolute atomic E-state index is 0.0409. The second kappa shape index (κ2) is 10.3. The second-order valence-corrected chi connectivity index (χ2v) is 9.58. The molecule has 0 aliphatic heterocycles. The summed E-state index contributed by atoms with van der Waals surface area (Å²) in [5.41, 5.74) is -2.03. The first-order valence-corrected chi connectivity index (χ1v) is 11.9. The lowest BCUT2D eigenvalue weighted by atomic mass is 9.91. The number of hydrogen-bond acceptors (Lipinski definition) is 6. The Hall–Kier alpha value is -3.47. The van der Waals surface area contributed by atoms with Crippen LogP contribution in [0.3, 0.4) is 0 Å². The van der Waals surface area contributed by atoms with Gasteiger partial charge in [0.15, 0.2) is 17.5 Å². The van der Waals surface area contributed by atoms with Crippen LogP contribution in [-0.4, -0.2) is 52.0 Å². The van der Waals surface area contributed by atoms with Crippen LogP contribution in [0.4, 0.5) is 24.8 Å². The molecule has 0 spiro atoms. The maximum absolute atomic E-state index is 14.9. The van der Waals surface area contributed by atoms with Crippen LogP contribution in [0, 0.1) is 17.5 Å². The normalized spacial score (nSPS) is 18.1. The Kier molecular flexibility index (Phi) is 7.30. The van der Waals surface area contributed by atoms with E-state index in [4.69, 9.17) is 0 Å². The zero-order chi connectivity index (χ0) is 26.1. The van der Waals surface area contributed by atoms with E-state index < -0.39 is 34.3 Å². The fourth-order valence-corrected chi connectivity index (χ4v) is 4.76. The monoisotopic (exact) mass is 502 g/mol. The van der Waals surface area contributed by atoms with Crippen LogP contribution in [0.1, 0.15) is 45.6 Å². The average molecular weight is 503 g/mol. The van der Waals surface area contributed by atoms with Crippen molar-refractivity contribution in [3.63, 3.8) is 0 Å². The molecule has 0 bridgehead atoms. The van der Waals surface area contributed by atoms with Crippen molar-refractivity contribution in [1.29, 1.82) is 0 Å². The number of aromatic nitrogens is 3. The fourth-order valence-electron chi connectivity index (χ4n) is 4.76. The number of nitrogens with one attached hydrogen (secondary N) is 2. The summed E-state index contributed by atoms with van der Waals surface area (Å²) >= 11 is 0. The fraction of sp³-hybridized carbons (Fsp3) is 0.440. The van der Waals surface area contributed by atoms with E-state index in [-0.39, 0.29) is 24.1 Å².